The molecule has 0 radical (unpaired) electrons. The summed E-state index contributed by atoms with van der Waals surface area (Å²) in [7, 11) is 0. The van der Waals surface area contributed by atoms with Crippen molar-refractivity contribution in [1.82, 2.24) is 9.88 Å². The van der Waals surface area contributed by atoms with E-state index in [0.29, 0.717) is 29.4 Å². The summed E-state index contributed by atoms with van der Waals surface area (Å²) in [6.45, 7) is 4.85. The van der Waals surface area contributed by atoms with Gasteiger partial charge in [0, 0.05) is 29.7 Å². The van der Waals surface area contributed by atoms with Crippen molar-refractivity contribution < 1.29 is 4.42 Å². The molecular formula is C17H23Cl2N3O. The van der Waals surface area contributed by atoms with E-state index in [1.54, 1.807) is 6.26 Å². The van der Waals surface area contributed by atoms with Crippen LogP contribution in [-0.2, 0) is 6.54 Å². The van der Waals surface area contributed by atoms with E-state index in [0.717, 1.165) is 24.3 Å². The molecule has 0 saturated carbocycles. The molecule has 3 rings (SSSR count). The second-order valence-corrected chi connectivity index (χ2v) is 6.48. The van der Waals surface area contributed by atoms with E-state index >= 15 is 0 Å². The van der Waals surface area contributed by atoms with Gasteiger partial charge in [0.15, 0.2) is 0 Å². The van der Waals surface area contributed by atoms with Gasteiger partial charge >= 0.3 is 0 Å². The van der Waals surface area contributed by atoms with Crippen LogP contribution in [0.1, 0.15) is 25.5 Å². The first-order chi connectivity index (χ1) is 10.7. The minimum atomic E-state index is 0. The minimum absolute atomic E-state index is 0. The van der Waals surface area contributed by atoms with E-state index in [9.17, 15) is 0 Å². The molecule has 2 N–H and O–H groups in total. The number of piperidine rings is 1. The number of halogens is 2. The van der Waals surface area contributed by atoms with Crippen LogP contribution >= 0.6 is 24.0 Å². The quantitative estimate of drug-likeness (QED) is 0.901. The zero-order chi connectivity index (χ0) is 15.5. The van der Waals surface area contributed by atoms with Crippen LogP contribution in [0.15, 0.2) is 34.9 Å². The number of aromatic nitrogens is 1. The first-order valence-corrected chi connectivity index (χ1v) is 8.19. The summed E-state index contributed by atoms with van der Waals surface area (Å²) < 4.78 is 5.62. The van der Waals surface area contributed by atoms with Gasteiger partial charge in [-0.05, 0) is 49.6 Å². The van der Waals surface area contributed by atoms with Crippen LogP contribution in [0.25, 0.3) is 11.5 Å². The van der Waals surface area contributed by atoms with Crippen LogP contribution in [0.3, 0.4) is 0 Å². The lowest BCUT2D eigenvalue weighted by atomic mass is 9.91. The molecule has 1 aliphatic heterocycles. The lowest BCUT2D eigenvalue weighted by Gasteiger charge is -2.38. The van der Waals surface area contributed by atoms with Crippen LogP contribution in [-0.4, -0.2) is 29.0 Å². The number of nitrogens with zero attached hydrogens (tertiary/aromatic N) is 2. The minimum Gasteiger partial charge on any atom is -0.444 e. The molecule has 1 aromatic heterocycles. The van der Waals surface area contributed by atoms with Gasteiger partial charge in [0.05, 0.1) is 5.69 Å². The first-order valence-electron chi connectivity index (χ1n) is 7.82. The Morgan fingerprint density at radius 1 is 1.35 bits per heavy atom. The average Bonchev–Trinajstić information content (AvgIpc) is 2.97. The average molecular weight is 356 g/mol. The summed E-state index contributed by atoms with van der Waals surface area (Å²) in [6.07, 6.45) is 4.23. The Bertz CT molecular complexity index is 615. The standard InChI is InChI=1S/C17H22ClN3O.ClH/c1-12-3-2-8-21(16(12)9-19)10-15-11-22-17(20-15)13-4-6-14(18)7-5-13;/h4-7,11-12,16H,2-3,8-10,19H2,1H3;1H. The maximum absolute atomic E-state index is 5.95. The normalized spacial score (nSPS) is 21.9. The number of oxazole rings is 1. The molecule has 6 heteroatoms. The van der Waals surface area contributed by atoms with Crippen molar-refractivity contribution in [3.63, 3.8) is 0 Å². The topological polar surface area (TPSA) is 55.3 Å². The lowest BCUT2D eigenvalue weighted by molar-refractivity contribution is 0.0977. The molecule has 0 amide bonds. The summed E-state index contributed by atoms with van der Waals surface area (Å²) >= 11 is 5.91. The number of hydrogen-bond donors (Lipinski definition) is 1. The van der Waals surface area contributed by atoms with E-state index in [2.05, 4.69) is 16.8 Å². The summed E-state index contributed by atoms with van der Waals surface area (Å²) in [5.74, 6) is 1.28. The molecule has 1 aliphatic rings. The SMILES string of the molecule is CC1CCCN(Cc2coc(-c3ccc(Cl)cc3)n2)C1CN.Cl. The van der Waals surface area contributed by atoms with Crippen molar-refractivity contribution in [2.75, 3.05) is 13.1 Å². The van der Waals surface area contributed by atoms with Crippen molar-refractivity contribution in [2.24, 2.45) is 11.7 Å². The highest BCUT2D eigenvalue weighted by Gasteiger charge is 2.27. The smallest absolute Gasteiger partial charge is 0.226 e. The van der Waals surface area contributed by atoms with Gasteiger partial charge in [-0.25, -0.2) is 4.98 Å². The maximum atomic E-state index is 5.95. The van der Waals surface area contributed by atoms with Crippen molar-refractivity contribution in [1.29, 1.82) is 0 Å². The highest BCUT2D eigenvalue weighted by Crippen LogP contribution is 2.26. The van der Waals surface area contributed by atoms with E-state index in [-0.39, 0.29) is 12.4 Å². The summed E-state index contributed by atoms with van der Waals surface area (Å²) in [5.41, 5.74) is 7.85. The molecule has 23 heavy (non-hydrogen) atoms. The lowest BCUT2D eigenvalue weighted by Crippen LogP contribution is -2.48. The molecule has 0 bridgehead atoms. The van der Waals surface area contributed by atoms with Gasteiger partial charge in [0.25, 0.3) is 0 Å². The Morgan fingerprint density at radius 3 is 2.78 bits per heavy atom. The molecule has 2 heterocycles. The summed E-state index contributed by atoms with van der Waals surface area (Å²) in [5, 5.41) is 0.712. The highest BCUT2D eigenvalue weighted by molar-refractivity contribution is 6.30. The Hall–Kier alpha value is -1.07. The van der Waals surface area contributed by atoms with Crippen LogP contribution in [0.2, 0.25) is 5.02 Å². The maximum Gasteiger partial charge on any atom is 0.226 e. The third-order valence-corrected chi connectivity index (χ3v) is 4.73. The Morgan fingerprint density at radius 2 is 2.09 bits per heavy atom. The van der Waals surface area contributed by atoms with Crippen molar-refractivity contribution in [2.45, 2.75) is 32.4 Å². The number of hydrogen-bond acceptors (Lipinski definition) is 4. The van der Waals surface area contributed by atoms with Crippen molar-refractivity contribution in [3.05, 3.63) is 41.2 Å². The van der Waals surface area contributed by atoms with E-state index < -0.39 is 0 Å². The zero-order valence-electron chi connectivity index (χ0n) is 13.2. The zero-order valence-corrected chi connectivity index (χ0v) is 14.8. The van der Waals surface area contributed by atoms with E-state index in [4.69, 9.17) is 21.8 Å². The number of rotatable bonds is 4. The van der Waals surface area contributed by atoms with Crippen LogP contribution in [0.5, 0.6) is 0 Å². The van der Waals surface area contributed by atoms with Gasteiger partial charge in [-0.2, -0.15) is 0 Å². The Labute approximate surface area is 148 Å². The highest BCUT2D eigenvalue weighted by atomic mass is 35.5. The molecule has 126 valence electrons. The van der Waals surface area contributed by atoms with Gasteiger partial charge in [-0.3, -0.25) is 4.90 Å². The van der Waals surface area contributed by atoms with E-state index in [1.165, 1.54) is 12.8 Å². The Balaban J connectivity index is 0.00000192. The first kappa shape index (κ1) is 18.3. The fraction of sp³-hybridized carbons (Fsp3) is 0.471. The third kappa shape index (κ3) is 4.27. The molecule has 1 aromatic carbocycles. The van der Waals surface area contributed by atoms with Crippen LogP contribution in [0, 0.1) is 5.92 Å². The molecule has 1 fully saturated rings. The third-order valence-electron chi connectivity index (χ3n) is 4.48. The van der Waals surface area contributed by atoms with E-state index in [1.807, 2.05) is 24.3 Å². The molecular weight excluding hydrogens is 333 g/mol. The predicted octanol–water partition coefficient (Wildman–Crippen LogP) is 3.98. The van der Waals surface area contributed by atoms with Gasteiger partial charge in [0.2, 0.25) is 5.89 Å². The van der Waals surface area contributed by atoms with Crippen LogP contribution in [0.4, 0.5) is 0 Å². The van der Waals surface area contributed by atoms with Crippen molar-refractivity contribution >= 4 is 24.0 Å². The monoisotopic (exact) mass is 355 g/mol. The van der Waals surface area contributed by atoms with Gasteiger partial charge in [-0.1, -0.05) is 18.5 Å². The molecule has 2 atom stereocenters. The fourth-order valence-corrected chi connectivity index (χ4v) is 3.35. The molecule has 0 spiro atoms. The van der Waals surface area contributed by atoms with Gasteiger partial charge in [0.1, 0.15) is 6.26 Å². The number of likely N-dealkylation sites (tertiary alicyclic amines) is 1. The fourth-order valence-electron chi connectivity index (χ4n) is 3.22. The number of nitrogens with two attached hydrogens (primary N) is 1. The molecule has 0 aliphatic carbocycles. The summed E-state index contributed by atoms with van der Waals surface area (Å²) in [4.78, 5) is 7.03. The summed E-state index contributed by atoms with van der Waals surface area (Å²) in [6, 6.07) is 7.96. The van der Waals surface area contributed by atoms with Crippen LogP contribution < -0.4 is 5.73 Å². The van der Waals surface area contributed by atoms with Gasteiger partial charge in [-0.15, -0.1) is 12.4 Å². The van der Waals surface area contributed by atoms with Crippen molar-refractivity contribution in [3.8, 4) is 11.5 Å². The predicted molar refractivity (Wildman–Crippen MR) is 95.8 cm³/mol. The largest absolute Gasteiger partial charge is 0.444 e. The molecule has 1 saturated heterocycles. The second kappa shape index (κ2) is 8.15. The molecule has 2 aromatic rings. The molecule has 4 nitrogen and oxygen atoms in total. The second-order valence-electron chi connectivity index (χ2n) is 6.04. The number of benzene rings is 1. The molecule has 2 unspecified atom stereocenters. The van der Waals surface area contributed by atoms with Gasteiger partial charge < -0.3 is 10.2 Å². The Kier molecular flexibility index (Phi) is 6.48.